The van der Waals surface area contributed by atoms with E-state index in [2.05, 4.69) is 22.0 Å². The van der Waals surface area contributed by atoms with Gasteiger partial charge in [-0.1, -0.05) is 35.5 Å². The lowest BCUT2D eigenvalue weighted by molar-refractivity contribution is -0.384. The molecule has 9 heteroatoms. The Morgan fingerprint density at radius 1 is 1.10 bits per heavy atom. The maximum atomic E-state index is 11.0. The van der Waals surface area contributed by atoms with Gasteiger partial charge in [-0.2, -0.15) is 10.1 Å². The van der Waals surface area contributed by atoms with E-state index in [0.29, 0.717) is 30.4 Å². The van der Waals surface area contributed by atoms with Gasteiger partial charge in [0.2, 0.25) is 11.7 Å². The molecule has 0 radical (unpaired) electrons. The second-order valence-electron chi connectivity index (χ2n) is 7.39. The van der Waals surface area contributed by atoms with Gasteiger partial charge >= 0.3 is 0 Å². The van der Waals surface area contributed by atoms with Gasteiger partial charge in [0.05, 0.1) is 22.8 Å². The van der Waals surface area contributed by atoms with E-state index < -0.39 is 4.92 Å². The third kappa shape index (κ3) is 4.36. The number of hydrogen-bond donors (Lipinski definition) is 0. The lowest BCUT2D eigenvalue weighted by Crippen LogP contribution is -2.18. The van der Waals surface area contributed by atoms with Gasteiger partial charge in [-0.3, -0.25) is 15.0 Å². The van der Waals surface area contributed by atoms with E-state index in [1.54, 1.807) is 12.1 Å². The van der Waals surface area contributed by atoms with Gasteiger partial charge in [-0.15, -0.1) is 0 Å². The minimum absolute atomic E-state index is 0.0117. The predicted molar refractivity (Wildman–Crippen MR) is 115 cm³/mol. The fourth-order valence-electron chi connectivity index (χ4n) is 3.48. The van der Waals surface area contributed by atoms with Gasteiger partial charge in [0.15, 0.2) is 0 Å². The number of benzene rings is 2. The molecule has 2 aromatic carbocycles. The van der Waals surface area contributed by atoms with Crippen molar-refractivity contribution in [3.63, 3.8) is 0 Å². The van der Waals surface area contributed by atoms with Crippen molar-refractivity contribution < 1.29 is 9.45 Å². The van der Waals surface area contributed by atoms with Crippen LogP contribution in [-0.2, 0) is 13.1 Å². The molecule has 2 heterocycles. The molecule has 4 aromatic rings. The average molecular weight is 418 g/mol. The zero-order valence-corrected chi connectivity index (χ0v) is 17.5. The van der Waals surface area contributed by atoms with Crippen LogP contribution in [0.3, 0.4) is 0 Å². The van der Waals surface area contributed by atoms with Crippen LogP contribution in [0.2, 0.25) is 0 Å². The quantitative estimate of drug-likeness (QED) is 0.329. The summed E-state index contributed by atoms with van der Waals surface area (Å²) in [7, 11) is 1.97. The van der Waals surface area contributed by atoms with Gasteiger partial charge in [-0.05, 0) is 33.0 Å². The predicted octanol–water partition coefficient (Wildman–Crippen LogP) is 4.08. The maximum absolute atomic E-state index is 11.0. The maximum Gasteiger partial charge on any atom is 0.270 e. The first kappa shape index (κ1) is 20.4. The highest BCUT2D eigenvalue weighted by Gasteiger charge is 2.17. The van der Waals surface area contributed by atoms with Crippen LogP contribution in [0.4, 0.5) is 5.69 Å². The monoisotopic (exact) mass is 418 g/mol. The summed E-state index contributed by atoms with van der Waals surface area (Å²) in [6.07, 6.45) is 0. The van der Waals surface area contributed by atoms with E-state index in [9.17, 15) is 10.1 Å². The van der Waals surface area contributed by atoms with Crippen LogP contribution >= 0.6 is 0 Å². The van der Waals surface area contributed by atoms with E-state index in [0.717, 1.165) is 22.6 Å². The van der Waals surface area contributed by atoms with Crippen LogP contribution in [0.1, 0.15) is 22.8 Å². The molecule has 0 saturated heterocycles. The molecule has 31 heavy (non-hydrogen) atoms. The molecule has 0 aliphatic rings. The summed E-state index contributed by atoms with van der Waals surface area (Å²) in [4.78, 5) is 17.0. The lowest BCUT2D eigenvalue weighted by atomic mass is 10.2. The van der Waals surface area contributed by atoms with Crippen LogP contribution in [0.15, 0.2) is 59.1 Å². The van der Waals surface area contributed by atoms with E-state index >= 15 is 0 Å². The minimum Gasteiger partial charge on any atom is -0.338 e. The largest absolute Gasteiger partial charge is 0.338 e. The molecule has 2 aromatic heterocycles. The molecule has 9 nitrogen and oxygen atoms in total. The van der Waals surface area contributed by atoms with Crippen LogP contribution < -0.4 is 0 Å². The summed E-state index contributed by atoms with van der Waals surface area (Å²) in [6, 6.07) is 16.2. The minimum atomic E-state index is -0.446. The number of hydrogen-bond acceptors (Lipinski definition) is 7. The van der Waals surface area contributed by atoms with Crippen LogP contribution in [0.5, 0.6) is 0 Å². The molecule has 0 fully saturated rings. The molecular weight excluding hydrogens is 396 g/mol. The molecular formula is C22H22N6O3. The first-order chi connectivity index (χ1) is 14.9. The van der Waals surface area contributed by atoms with Crippen LogP contribution in [0.25, 0.3) is 17.1 Å². The van der Waals surface area contributed by atoms with Crippen molar-refractivity contribution in [3.05, 3.63) is 87.6 Å². The normalized spacial score (nSPS) is 11.2. The molecule has 0 amide bonds. The number of para-hydroxylation sites is 1. The number of aromatic nitrogens is 4. The van der Waals surface area contributed by atoms with E-state index in [-0.39, 0.29) is 5.69 Å². The highest BCUT2D eigenvalue weighted by molar-refractivity contribution is 5.58. The topological polar surface area (TPSA) is 103 Å². The second-order valence-corrected chi connectivity index (χ2v) is 7.39. The third-order valence-electron chi connectivity index (χ3n) is 5.06. The molecule has 0 bridgehead atoms. The zero-order valence-electron chi connectivity index (χ0n) is 17.5. The zero-order chi connectivity index (χ0) is 22.0. The van der Waals surface area contributed by atoms with Gasteiger partial charge in [0.25, 0.3) is 5.69 Å². The molecule has 4 rings (SSSR count). The van der Waals surface area contributed by atoms with E-state index in [4.69, 9.17) is 9.62 Å². The number of non-ortho nitro benzene ring substituents is 1. The fraction of sp³-hybridized carbons (Fsp3) is 0.227. The number of aryl methyl sites for hydroxylation is 1. The summed E-state index contributed by atoms with van der Waals surface area (Å²) in [5.41, 5.74) is 4.75. The third-order valence-corrected chi connectivity index (χ3v) is 5.06. The summed E-state index contributed by atoms with van der Waals surface area (Å²) >= 11 is 0. The molecule has 0 N–H and O–H groups in total. The van der Waals surface area contributed by atoms with E-state index in [1.165, 1.54) is 12.1 Å². The molecule has 0 aliphatic carbocycles. The summed E-state index contributed by atoms with van der Waals surface area (Å²) in [6.45, 7) is 5.17. The van der Waals surface area contributed by atoms with Gasteiger partial charge in [0.1, 0.15) is 0 Å². The molecule has 158 valence electrons. The van der Waals surface area contributed by atoms with Crippen molar-refractivity contribution in [2.24, 2.45) is 0 Å². The Morgan fingerprint density at radius 2 is 1.87 bits per heavy atom. The van der Waals surface area contributed by atoms with E-state index in [1.807, 2.05) is 49.0 Å². The molecule has 0 atom stereocenters. The Morgan fingerprint density at radius 3 is 2.61 bits per heavy atom. The SMILES string of the molecule is Cc1nn(-c2ccccc2)c(C)c1CN(C)Cc1nc(-c2cccc([N+](=O)[O-])c2)no1. The Hall–Kier alpha value is -3.85. The van der Waals surface area contributed by atoms with Crippen molar-refractivity contribution in [1.29, 1.82) is 0 Å². The second kappa shape index (κ2) is 8.49. The van der Waals surface area contributed by atoms with Crippen LogP contribution in [0, 0.1) is 24.0 Å². The van der Waals surface area contributed by atoms with Gasteiger partial charge < -0.3 is 4.52 Å². The van der Waals surface area contributed by atoms with Crippen molar-refractivity contribution in [2.75, 3.05) is 7.05 Å². The molecule has 0 spiro atoms. The fourth-order valence-corrected chi connectivity index (χ4v) is 3.48. The first-order valence-corrected chi connectivity index (χ1v) is 9.79. The number of rotatable bonds is 7. The van der Waals surface area contributed by atoms with Gasteiger partial charge in [-0.25, -0.2) is 4.68 Å². The van der Waals surface area contributed by atoms with Crippen molar-refractivity contribution in [3.8, 4) is 17.1 Å². The Labute approximate surface area is 179 Å². The first-order valence-electron chi connectivity index (χ1n) is 9.79. The van der Waals surface area contributed by atoms with Gasteiger partial charge in [0, 0.05) is 35.5 Å². The van der Waals surface area contributed by atoms with Crippen molar-refractivity contribution in [2.45, 2.75) is 26.9 Å². The summed E-state index contributed by atoms with van der Waals surface area (Å²) in [5, 5.41) is 19.6. The molecule has 0 saturated carbocycles. The number of nitro benzene ring substituents is 1. The average Bonchev–Trinajstić information content (AvgIpc) is 3.34. The summed E-state index contributed by atoms with van der Waals surface area (Å²) in [5.74, 6) is 0.770. The highest BCUT2D eigenvalue weighted by atomic mass is 16.6. The highest BCUT2D eigenvalue weighted by Crippen LogP contribution is 2.23. The Kier molecular flexibility index (Phi) is 5.59. The Bertz CT molecular complexity index is 1220. The van der Waals surface area contributed by atoms with Crippen LogP contribution in [-0.4, -0.2) is 36.8 Å². The van der Waals surface area contributed by atoms with Crippen molar-refractivity contribution in [1.82, 2.24) is 24.8 Å². The smallest absolute Gasteiger partial charge is 0.270 e. The number of nitro groups is 1. The molecule has 0 unspecified atom stereocenters. The number of nitrogens with zero attached hydrogens (tertiary/aromatic N) is 6. The Balaban J connectivity index is 1.48. The lowest BCUT2D eigenvalue weighted by Gasteiger charge is -2.14. The standard InChI is InChI=1S/C22H22N6O3/c1-15-20(16(2)27(24-15)18-9-5-4-6-10-18)13-26(3)14-21-23-22(25-31-21)17-8-7-11-19(12-17)28(29)30/h4-12H,13-14H2,1-3H3. The molecule has 0 aliphatic heterocycles. The van der Waals surface area contributed by atoms with Crippen molar-refractivity contribution >= 4 is 5.69 Å². The summed E-state index contributed by atoms with van der Waals surface area (Å²) < 4.78 is 7.32.